The van der Waals surface area contributed by atoms with Crippen LogP contribution < -0.4 is 0 Å². The minimum Gasteiger partial charge on any atom is -0.0622 e. The Kier molecular flexibility index (Phi) is 27.3. The van der Waals surface area contributed by atoms with E-state index in [1.165, 1.54) is 134 Å². The van der Waals surface area contributed by atoms with Crippen molar-refractivity contribution in [3.05, 3.63) is 394 Å². The van der Waals surface area contributed by atoms with Crippen LogP contribution in [0.3, 0.4) is 0 Å². The second-order valence-corrected chi connectivity index (χ2v) is 25.3. The smallest absolute Gasteiger partial charge is 0.0132 e. The fourth-order valence-corrected chi connectivity index (χ4v) is 10.8. The molecule has 0 amide bonds. The summed E-state index contributed by atoms with van der Waals surface area (Å²) in [6.07, 6.45) is 0. The van der Waals surface area contributed by atoms with Crippen LogP contribution >= 0.6 is 0 Å². The maximum absolute atomic E-state index is 2.28. The van der Waals surface area contributed by atoms with Gasteiger partial charge in [0.1, 0.15) is 0 Å². The van der Waals surface area contributed by atoms with Crippen molar-refractivity contribution in [1.29, 1.82) is 0 Å². The van der Waals surface area contributed by atoms with Crippen LogP contribution in [0.2, 0.25) is 0 Å². The summed E-state index contributed by atoms with van der Waals surface area (Å²) in [7, 11) is 0. The van der Waals surface area contributed by atoms with Crippen molar-refractivity contribution in [2.45, 2.75) is 102 Å². The van der Waals surface area contributed by atoms with E-state index < -0.39 is 0 Å². The highest BCUT2D eigenvalue weighted by Crippen LogP contribution is 2.30. The first kappa shape index (κ1) is 70.3. The Labute approximate surface area is 560 Å². The molecule has 0 bridgehead atoms. The zero-order valence-electron chi connectivity index (χ0n) is 57.7. The second-order valence-electron chi connectivity index (χ2n) is 25.3. The molecule has 0 saturated carbocycles. The topological polar surface area (TPSA) is 0 Å². The standard InChI is InChI=1S/C19H16.C14H14.3C13H12.C11H16.C10H14/c1-15-12-13-18(16-8-4-2-5-9-16)14-19(15)17-10-6-3-7-11-17;1-11-8-12(2)10-14(9-11)13-6-4-3-5-7-13;1-11-7-5-6-10-13(11)12-8-3-2-4-9-12;1-11-6-5-9-13(10-11)12-7-3-2-4-8-12;1-11-7-9-13(10-8-11)12-5-3-2-4-6-12;1-9-5-7-10(8-6-9)11(2,3)4;1-7-5-8(2)10(4)9(3)6-7/h2-14H,1H3;3-10H,1-2H3;3*2-10H,1H3;5-8H,1-4H3;5-6H,1-4H3. The van der Waals surface area contributed by atoms with E-state index in [1.807, 2.05) is 24.3 Å². The minimum absolute atomic E-state index is 0.285. The molecule has 0 fully saturated rings. The molecule has 0 atom stereocenters. The van der Waals surface area contributed by atoms with Crippen LogP contribution in [0.15, 0.2) is 328 Å². The molecule has 0 heterocycles. The molecule has 0 aliphatic carbocycles. The maximum atomic E-state index is 2.28. The van der Waals surface area contributed by atoms with Crippen LogP contribution in [0.5, 0.6) is 0 Å². The van der Waals surface area contributed by atoms with Crippen LogP contribution in [-0.2, 0) is 5.41 Å². The van der Waals surface area contributed by atoms with Crippen LogP contribution in [0, 0.1) is 76.2 Å². The first-order valence-electron chi connectivity index (χ1n) is 32.6. The van der Waals surface area contributed by atoms with E-state index in [4.69, 9.17) is 0 Å². The van der Waals surface area contributed by atoms with Gasteiger partial charge in [0.15, 0.2) is 0 Å². The SMILES string of the molecule is Cc1cc(C)c(C)c(C)c1.Cc1cc(C)cc(-c2ccccc2)c1.Cc1ccc(-c2ccccc2)cc1.Cc1ccc(-c2ccccc2)cc1-c1ccccc1.Cc1ccc(C(C)(C)C)cc1.Cc1cccc(-c2ccccc2)c1.Cc1ccccc1-c1ccccc1. The highest BCUT2D eigenvalue weighted by Gasteiger charge is 2.12. The van der Waals surface area contributed by atoms with Gasteiger partial charge >= 0.3 is 0 Å². The largest absolute Gasteiger partial charge is 0.0622 e. The van der Waals surface area contributed by atoms with E-state index in [0.717, 1.165) is 0 Å². The third kappa shape index (κ3) is 23.2. The number of hydrogen-bond acceptors (Lipinski definition) is 0. The summed E-state index contributed by atoms with van der Waals surface area (Å²) < 4.78 is 0. The molecular weight excluding hydrogens is 1120 g/mol. The summed E-state index contributed by atoms with van der Waals surface area (Å²) in [5.41, 5.74) is 32.0. The van der Waals surface area contributed by atoms with Crippen LogP contribution in [0.4, 0.5) is 0 Å². The van der Waals surface area contributed by atoms with Gasteiger partial charge in [0.05, 0.1) is 0 Å². The van der Waals surface area contributed by atoms with Crippen LogP contribution in [0.25, 0.3) is 66.8 Å². The van der Waals surface area contributed by atoms with Gasteiger partial charge in [-0.2, -0.15) is 0 Å². The monoisotopic (exact) mass is 1210 g/mol. The summed E-state index contributed by atoms with van der Waals surface area (Å²) in [6, 6.07) is 115. The van der Waals surface area contributed by atoms with Gasteiger partial charge in [-0.1, -0.05) is 376 Å². The molecule has 0 radical (unpaired) electrons. The first-order chi connectivity index (χ1) is 44.8. The van der Waals surface area contributed by atoms with Gasteiger partial charge in [0.25, 0.3) is 0 Å². The molecule has 0 N–H and O–H groups in total. The molecule has 0 saturated heterocycles. The Morgan fingerprint density at radius 3 is 0.914 bits per heavy atom. The Bertz CT molecular complexity index is 4230. The van der Waals surface area contributed by atoms with E-state index in [2.05, 4.69) is 400 Å². The van der Waals surface area contributed by atoms with Crippen molar-refractivity contribution in [3.63, 3.8) is 0 Å². The van der Waals surface area contributed by atoms with Gasteiger partial charge in [-0.05, 0) is 188 Å². The summed E-state index contributed by atoms with van der Waals surface area (Å²) in [4.78, 5) is 0. The Balaban J connectivity index is 0.000000155. The molecule has 0 aliphatic rings. The van der Waals surface area contributed by atoms with E-state index in [-0.39, 0.29) is 5.41 Å². The third-order valence-electron chi connectivity index (χ3n) is 16.3. The molecule has 0 spiro atoms. The normalized spacial score (nSPS) is 10.3. The van der Waals surface area contributed by atoms with Crippen molar-refractivity contribution in [1.82, 2.24) is 0 Å². The quantitative estimate of drug-likeness (QED) is 0.156. The van der Waals surface area contributed by atoms with Gasteiger partial charge in [-0.3, -0.25) is 0 Å². The van der Waals surface area contributed by atoms with E-state index in [1.54, 1.807) is 0 Å². The van der Waals surface area contributed by atoms with Crippen molar-refractivity contribution in [2.24, 2.45) is 0 Å². The Morgan fingerprint density at radius 1 is 0.172 bits per heavy atom. The predicted octanol–water partition coefficient (Wildman–Crippen LogP) is 26.5. The summed E-state index contributed by atoms with van der Waals surface area (Å²) in [6.45, 7) is 30.3. The van der Waals surface area contributed by atoms with Crippen molar-refractivity contribution >= 4 is 0 Å². The predicted molar refractivity (Wildman–Crippen MR) is 409 cm³/mol. The molecule has 0 nitrogen and oxygen atoms in total. The second kappa shape index (κ2) is 36.0. The third-order valence-corrected chi connectivity index (χ3v) is 16.3. The fraction of sp³-hybridized carbons (Fsp3) is 0.161. The lowest BCUT2D eigenvalue weighted by molar-refractivity contribution is 0.590. The zero-order valence-corrected chi connectivity index (χ0v) is 57.7. The lowest BCUT2D eigenvalue weighted by Crippen LogP contribution is -2.10. The first-order valence-corrected chi connectivity index (χ1v) is 32.6. The Hall–Kier alpha value is -10.1. The maximum Gasteiger partial charge on any atom is -0.0132 e. The van der Waals surface area contributed by atoms with Crippen LogP contribution in [0.1, 0.15) is 87.5 Å². The molecule has 93 heavy (non-hydrogen) atoms. The summed E-state index contributed by atoms with van der Waals surface area (Å²) in [5, 5.41) is 0. The number of rotatable bonds is 6. The molecule has 13 aromatic carbocycles. The average Bonchev–Trinajstić information content (AvgIpc) is 2.79. The lowest BCUT2D eigenvalue weighted by Gasteiger charge is -2.18. The lowest BCUT2D eigenvalue weighted by atomic mass is 9.87. The number of benzene rings is 13. The molecular formula is C93H96. The van der Waals surface area contributed by atoms with Gasteiger partial charge in [0.2, 0.25) is 0 Å². The van der Waals surface area contributed by atoms with E-state index in [0.29, 0.717) is 0 Å². The molecule has 0 heteroatoms. The molecule has 0 unspecified atom stereocenters. The van der Waals surface area contributed by atoms with E-state index in [9.17, 15) is 0 Å². The summed E-state index contributed by atoms with van der Waals surface area (Å²) in [5.74, 6) is 0. The van der Waals surface area contributed by atoms with Gasteiger partial charge in [-0.15, -0.1) is 0 Å². The molecule has 0 aliphatic heterocycles. The van der Waals surface area contributed by atoms with Crippen molar-refractivity contribution < 1.29 is 0 Å². The Morgan fingerprint density at radius 2 is 0.484 bits per heavy atom. The molecule has 13 rings (SSSR count). The summed E-state index contributed by atoms with van der Waals surface area (Å²) >= 11 is 0. The van der Waals surface area contributed by atoms with Crippen LogP contribution in [-0.4, -0.2) is 0 Å². The highest BCUT2D eigenvalue weighted by atomic mass is 14.2. The molecule has 468 valence electrons. The van der Waals surface area contributed by atoms with E-state index >= 15 is 0 Å². The number of aryl methyl sites for hydroxylation is 10. The average molecular weight is 1210 g/mol. The molecule has 0 aromatic heterocycles. The molecule has 13 aromatic rings. The zero-order chi connectivity index (χ0) is 66.5. The minimum atomic E-state index is 0.285. The number of hydrogen-bond donors (Lipinski definition) is 0. The van der Waals surface area contributed by atoms with Gasteiger partial charge in [0, 0.05) is 0 Å². The van der Waals surface area contributed by atoms with Gasteiger partial charge in [-0.25, -0.2) is 0 Å². The van der Waals surface area contributed by atoms with Gasteiger partial charge < -0.3 is 0 Å². The van der Waals surface area contributed by atoms with Crippen molar-refractivity contribution in [2.75, 3.05) is 0 Å². The fourth-order valence-electron chi connectivity index (χ4n) is 10.8. The van der Waals surface area contributed by atoms with Crippen molar-refractivity contribution in [3.8, 4) is 66.8 Å². The highest BCUT2D eigenvalue weighted by molar-refractivity contribution is 5.76.